The van der Waals surface area contributed by atoms with Gasteiger partial charge in [-0.25, -0.2) is 9.59 Å². The van der Waals surface area contributed by atoms with Gasteiger partial charge in [0.25, 0.3) is 0 Å². The van der Waals surface area contributed by atoms with Crippen LogP contribution in [0.1, 0.15) is 30.7 Å². The topological polar surface area (TPSA) is 87.7 Å². The quantitative estimate of drug-likeness (QED) is 0.685. The van der Waals surface area contributed by atoms with Gasteiger partial charge in [-0.2, -0.15) is 0 Å². The summed E-state index contributed by atoms with van der Waals surface area (Å²) in [5, 5.41) is 16.1. The van der Waals surface area contributed by atoms with Crippen LogP contribution < -0.4 is 10.6 Å². The normalized spacial score (nSPS) is 13.5. The highest BCUT2D eigenvalue weighted by molar-refractivity contribution is 7.10. The maximum absolute atomic E-state index is 11.9. The van der Waals surface area contributed by atoms with Crippen LogP contribution in [-0.4, -0.2) is 36.9 Å². The van der Waals surface area contributed by atoms with Gasteiger partial charge in [0.15, 0.2) is 6.04 Å². The zero-order valence-corrected chi connectivity index (χ0v) is 12.4. The molecule has 1 heterocycles. The summed E-state index contributed by atoms with van der Waals surface area (Å²) in [7, 11) is 1.39. The lowest BCUT2D eigenvalue weighted by Crippen LogP contribution is -2.48. The minimum Gasteiger partial charge on any atom is -0.480 e. The second-order valence-corrected chi connectivity index (χ2v) is 5.30. The Morgan fingerprint density at radius 1 is 1.45 bits per heavy atom. The molecule has 2 amide bonds. The van der Waals surface area contributed by atoms with Crippen LogP contribution in [0.2, 0.25) is 0 Å². The van der Waals surface area contributed by atoms with Gasteiger partial charge in [0.05, 0.1) is 12.6 Å². The number of ether oxygens (including phenoxy) is 1. The number of amides is 2. The number of hydrogen-bond donors (Lipinski definition) is 3. The average Bonchev–Trinajstić information content (AvgIpc) is 2.91. The summed E-state index contributed by atoms with van der Waals surface area (Å²) in [4.78, 5) is 23.9. The molecule has 0 fully saturated rings. The molecule has 112 valence electrons. The van der Waals surface area contributed by atoms with Crippen LogP contribution in [0.25, 0.3) is 0 Å². The first-order valence-electron chi connectivity index (χ1n) is 6.40. The van der Waals surface area contributed by atoms with Crippen LogP contribution in [0.5, 0.6) is 0 Å². The molecule has 0 aliphatic carbocycles. The van der Waals surface area contributed by atoms with Crippen LogP contribution in [0.15, 0.2) is 17.5 Å². The largest absolute Gasteiger partial charge is 0.480 e. The fourth-order valence-corrected chi connectivity index (χ4v) is 2.58. The highest BCUT2D eigenvalue weighted by Crippen LogP contribution is 2.22. The minimum atomic E-state index is -1.12. The standard InChI is InChI=1S/C13H20N2O4S/c1-3-5-9(11-6-4-7-20-11)14-13(18)15-10(8-19-2)12(16)17/h4,6-7,9-10H,3,5,8H2,1-2H3,(H,16,17)(H2,14,15,18). The Labute approximate surface area is 122 Å². The minimum absolute atomic E-state index is 0.0692. The predicted octanol–water partition coefficient (Wildman–Crippen LogP) is 1.99. The molecule has 6 nitrogen and oxygen atoms in total. The number of hydrogen-bond acceptors (Lipinski definition) is 4. The van der Waals surface area contributed by atoms with Crippen molar-refractivity contribution < 1.29 is 19.4 Å². The molecule has 0 spiro atoms. The Morgan fingerprint density at radius 2 is 2.20 bits per heavy atom. The lowest BCUT2D eigenvalue weighted by molar-refractivity contribution is -0.140. The molecule has 0 aromatic carbocycles. The van der Waals surface area contributed by atoms with Crippen LogP contribution in [0.4, 0.5) is 4.79 Å². The van der Waals surface area contributed by atoms with E-state index in [2.05, 4.69) is 10.6 Å². The molecule has 1 aromatic heterocycles. The number of urea groups is 1. The zero-order valence-electron chi connectivity index (χ0n) is 11.6. The van der Waals surface area contributed by atoms with E-state index in [1.165, 1.54) is 7.11 Å². The van der Waals surface area contributed by atoms with Crippen molar-refractivity contribution in [2.24, 2.45) is 0 Å². The average molecular weight is 300 g/mol. The van der Waals surface area contributed by atoms with Gasteiger partial charge in [-0.1, -0.05) is 19.4 Å². The van der Waals surface area contributed by atoms with Gasteiger partial charge < -0.3 is 20.5 Å². The lowest BCUT2D eigenvalue weighted by Gasteiger charge is -2.19. The fraction of sp³-hybridized carbons (Fsp3) is 0.538. The molecular formula is C13H20N2O4S. The highest BCUT2D eigenvalue weighted by atomic mass is 32.1. The number of carboxylic acids is 1. The summed E-state index contributed by atoms with van der Waals surface area (Å²) in [6.45, 7) is 1.96. The molecule has 3 N–H and O–H groups in total. The summed E-state index contributed by atoms with van der Waals surface area (Å²) in [6, 6.07) is 2.23. The van der Waals surface area contributed by atoms with Crippen LogP contribution in [0, 0.1) is 0 Å². The zero-order chi connectivity index (χ0) is 15.0. The Hall–Kier alpha value is -1.60. The van der Waals surface area contributed by atoms with E-state index in [0.717, 1.165) is 17.7 Å². The number of carbonyl (C=O) groups excluding carboxylic acids is 1. The molecule has 2 atom stereocenters. The van der Waals surface area contributed by atoms with Gasteiger partial charge in [-0.05, 0) is 17.9 Å². The summed E-state index contributed by atoms with van der Waals surface area (Å²) in [5.74, 6) is -1.12. The molecular weight excluding hydrogens is 280 g/mol. The predicted molar refractivity (Wildman–Crippen MR) is 76.9 cm³/mol. The fourth-order valence-electron chi connectivity index (χ4n) is 1.76. The Kier molecular flexibility index (Phi) is 7.03. The maximum Gasteiger partial charge on any atom is 0.328 e. The number of aliphatic carboxylic acids is 1. The molecule has 0 bridgehead atoms. The van der Waals surface area contributed by atoms with Gasteiger partial charge >= 0.3 is 12.0 Å². The summed E-state index contributed by atoms with van der Waals surface area (Å²) in [5.41, 5.74) is 0. The first kappa shape index (κ1) is 16.5. The monoisotopic (exact) mass is 300 g/mol. The van der Waals surface area contributed by atoms with Crippen molar-refractivity contribution in [1.29, 1.82) is 0 Å². The van der Waals surface area contributed by atoms with Crippen molar-refractivity contribution in [2.75, 3.05) is 13.7 Å². The molecule has 0 radical (unpaired) electrons. The van der Waals surface area contributed by atoms with Crippen molar-refractivity contribution >= 4 is 23.3 Å². The summed E-state index contributed by atoms with van der Waals surface area (Å²) >= 11 is 1.56. The van der Waals surface area contributed by atoms with Gasteiger partial charge in [0.1, 0.15) is 0 Å². The third-order valence-electron chi connectivity index (χ3n) is 2.71. The lowest BCUT2D eigenvalue weighted by atomic mass is 10.1. The van der Waals surface area contributed by atoms with Crippen molar-refractivity contribution in [2.45, 2.75) is 31.8 Å². The van der Waals surface area contributed by atoms with Gasteiger partial charge in [-0.3, -0.25) is 0 Å². The second-order valence-electron chi connectivity index (χ2n) is 4.32. The van der Waals surface area contributed by atoms with Crippen LogP contribution in [-0.2, 0) is 9.53 Å². The van der Waals surface area contributed by atoms with E-state index in [9.17, 15) is 9.59 Å². The summed E-state index contributed by atoms with van der Waals surface area (Å²) in [6.07, 6.45) is 1.72. The molecule has 0 saturated carbocycles. The van der Waals surface area contributed by atoms with E-state index in [1.807, 2.05) is 24.4 Å². The van der Waals surface area contributed by atoms with Crippen molar-refractivity contribution in [3.63, 3.8) is 0 Å². The maximum atomic E-state index is 11.9. The Balaban J connectivity index is 2.59. The number of carbonyl (C=O) groups is 2. The molecule has 2 unspecified atom stereocenters. The molecule has 1 rings (SSSR count). The van der Waals surface area contributed by atoms with Gasteiger partial charge in [-0.15, -0.1) is 11.3 Å². The smallest absolute Gasteiger partial charge is 0.328 e. The number of thiophene rings is 1. The third kappa shape index (κ3) is 5.18. The number of carboxylic acid groups (broad SMARTS) is 1. The highest BCUT2D eigenvalue weighted by Gasteiger charge is 2.21. The molecule has 7 heteroatoms. The first-order valence-corrected chi connectivity index (χ1v) is 7.28. The van der Waals surface area contributed by atoms with Crippen LogP contribution >= 0.6 is 11.3 Å². The number of rotatable bonds is 8. The third-order valence-corrected chi connectivity index (χ3v) is 3.69. The van der Waals surface area contributed by atoms with Crippen LogP contribution in [0.3, 0.4) is 0 Å². The molecule has 0 saturated heterocycles. The Morgan fingerprint density at radius 3 is 2.70 bits per heavy atom. The van der Waals surface area contributed by atoms with E-state index in [1.54, 1.807) is 11.3 Å². The van der Waals surface area contributed by atoms with Gasteiger partial charge in [0.2, 0.25) is 0 Å². The van der Waals surface area contributed by atoms with E-state index in [4.69, 9.17) is 9.84 Å². The Bertz CT molecular complexity index is 422. The number of nitrogens with one attached hydrogen (secondary N) is 2. The van der Waals surface area contributed by atoms with E-state index < -0.39 is 18.0 Å². The molecule has 20 heavy (non-hydrogen) atoms. The second kappa shape index (κ2) is 8.55. The molecule has 1 aromatic rings. The van der Waals surface area contributed by atoms with E-state index >= 15 is 0 Å². The van der Waals surface area contributed by atoms with E-state index in [-0.39, 0.29) is 12.6 Å². The first-order chi connectivity index (χ1) is 9.58. The molecule has 0 aliphatic heterocycles. The van der Waals surface area contributed by atoms with Crippen molar-refractivity contribution in [3.8, 4) is 0 Å². The van der Waals surface area contributed by atoms with Crippen molar-refractivity contribution in [1.82, 2.24) is 10.6 Å². The SMILES string of the molecule is CCCC(NC(=O)NC(COC)C(=O)O)c1cccs1. The van der Waals surface area contributed by atoms with Gasteiger partial charge in [0, 0.05) is 12.0 Å². The van der Waals surface area contributed by atoms with Crippen molar-refractivity contribution in [3.05, 3.63) is 22.4 Å². The summed E-state index contributed by atoms with van der Waals surface area (Å²) < 4.78 is 4.77. The molecule has 0 aliphatic rings. The van der Waals surface area contributed by atoms with E-state index in [0.29, 0.717) is 0 Å². The number of methoxy groups -OCH3 is 1.